The maximum absolute atomic E-state index is 12.4. The monoisotopic (exact) mass is 219 g/mol. The minimum Gasteiger partial charge on any atom is -0.497 e. The number of ether oxygens (including phenoxy) is 2. The van der Waals surface area contributed by atoms with Gasteiger partial charge < -0.3 is 22.4 Å². The molecular weight excluding hydrogens is 208 g/mol. The first-order valence-electron chi connectivity index (χ1n) is 4.34. The van der Waals surface area contributed by atoms with Crippen molar-refractivity contribution < 1.29 is 22.4 Å². The first kappa shape index (κ1) is 11.9. The summed E-state index contributed by atoms with van der Waals surface area (Å²) in [6, 6.07) is 3.40. The summed E-state index contributed by atoms with van der Waals surface area (Å²) in [6.07, 6.45) is 0. The Bertz CT molecular complexity index is 339. The smallest absolute Gasteiger partial charge is 0.497 e. The van der Waals surface area contributed by atoms with Gasteiger partial charge in [-0.1, -0.05) is 12.1 Å². The lowest BCUT2D eigenvalue weighted by atomic mass is 9.79. The molecule has 0 radical (unpaired) electrons. The second kappa shape index (κ2) is 4.57. The van der Waals surface area contributed by atoms with E-state index in [9.17, 15) is 12.9 Å². The molecule has 0 fully saturated rings. The molecule has 0 atom stereocenters. The molecule has 2 nitrogen and oxygen atoms in total. The zero-order valence-corrected chi connectivity index (χ0v) is 8.47. The van der Waals surface area contributed by atoms with E-state index in [4.69, 9.17) is 9.47 Å². The lowest BCUT2D eigenvalue weighted by molar-refractivity contribution is 0.181. The highest BCUT2D eigenvalue weighted by molar-refractivity contribution is 6.73. The number of rotatable bonds is 4. The Morgan fingerprint density at radius 1 is 1.20 bits per heavy atom. The average molecular weight is 219 g/mol. The molecule has 0 amide bonds. The van der Waals surface area contributed by atoms with Gasteiger partial charge in [-0.05, 0) is 6.07 Å². The quantitative estimate of drug-likeness (QED) is 0.720. The molecule has 0 aliphatic rings. The molecule has 1 aromatic carbocycles. The van der Waals surface area contributed by atoms with E-state index in [0.29, 0.717) is 5.56 Å². The fourth-order valence-corrected chi connectivity index (χ4v) is 1.24. The first-order chi connectivity index (χ1) is 6.99. The number of hydrogen-bond donors (Lipinski definition) is 0. The zero-order chi connectivity index (χ0) is 11.5. The van der Waals surface area contributed by atoms with E-state index < -0.39 is 12.4 Å². The third-order valence-corrected chi connectivity index (χ3v) is 1.99. The molecule has 0 spiro atoms. The summed E-state index contributed by atoms with van der Waals surface area (Å²) < 4.78 is 46.9. The van der Waals surface area contributed by atoms with Gasteiger partial charge in [-0.15, -0.1) is 5.46 Å². The fourth-order valence-electron chi connectivity index (χ4n) is 1.24. The molecule has 15 heavy (non-hydrogen) atoms. The van der Waals surface area contributed by atoms with Crippen molar-refractivity contribution in [1.29, 1.82) is 0 Å². The molecule has 0 unspecified atom stereocenters. The summed E-state index contributed by atoms with van der Waals surface area (Å²) >= 11 is 0. The molecule has 0 saturated carbocycles. The Morgan fingerprint density at radius 2 is 1.87 bits per heavy atom. The first-order valence-corrected chi connectivity index (χ1v) is 4.34. The molecule has 1 rings (SSSR count). The van der Waals surface area contributed by atoms with Crippen molar-refractivity contribution in [3.05, 3.63) is 23.8 Å². The van der Waals surface area contributed by atoms with Gasteiger partial charge in [-0.3, -0.25) is 0 Å². The van der Waals surface area contributed by atoms with Crippen LogP contribution < -0.4 is 10.2 Å². The second-order valence-corrected chi connectivity index (χ2v) is 3.08. The summed E-state index contributed by atoms with van der Waals surface area (Å²) in [7, 11) is 2.81. The van der Waals surface area contributed by atoms with E-state index in [-0.39, 0.29) is 12.4 Å². The van der Waals surface area contributed by atoms with E-state index >= 15 is 0 Å². The minimum atomic E-state index is -4.98. The minimum absolute atomic E-state index is 0.202. The number of benzene rings is 1. The van der Waals surface area contributed by atoms with Gasteiger partial charge in [0.25, 0.3) is 0 Å². The normalized spacial score (nSPS) is 11.5. The molecule has 0 bridgehead atoms. The van der Waals surface area contributed by atoms with Crippen LogP contribution in [0.3, 0.4) is 0 Å². The van der Waals surface area contributed by atoms with E-state index in [0.717, 1.165) is 12.1 Å². The molecule has 0 aromatic heterocycles. The van der Waals surface area contributed by atoms with Gasteiger partial charge in [0.2, 0.25) is 0 Å². The van der Waals surface area contributed by atoms with Crippen LogP contribution in [-0.2, 0) is 11.3 Å². The number of hydrogen-bond acceptors (Lipinski definition) is 2. The third-order valence-electron chi connectivity index (χ3n) is 1.99. The zero-order valence-electron chi connectivity index (χ0n) is 8.47. The molecule has 0 N–H and O–H groups in total. The van der Waals surface area contributed by atoms with Gasteiger partial charge in [-0.25, -0.2) is 0 Å². The maximum Gasteiger partial charge on any atom is 0.509 e. The summed E-state index contributed by atoms with van der Waals surface area (Å²) in [5, 5.41) is 0. The van der Waals surface area contributed by atoms with Crippen LogP contribution in [0.5, 0.6) is 5.75 Å². The standard InChI is InChI=1S/C9H11BF3O2/c1-14-6-7-3-4-8(10(11,12)13)5-9(7)15-2/h3-5H,6H2,1-2H3/q-1. The number of halogens is 3. The van der Waals surface area contributed by atoms with Gasteiger partial charge in [0, 0.05) is 12.7 Å². The van der Waals surface area contributed by atoms with Gasteiger partial charge in [0.15, 0.2) is 0 Å². The van der Waals surface area contributed by atoms with Crippen LogP contribution in [0.4, 0.5) is 12.9 Å². The molecule has 0 aliphatic heterocycles. The van der Waals surface area contributed by atoms with Crippen LogP contribution in [0.25, 0.3) is 0 Å². The Balaban J connectivity index is 3.08. The fraction of sp³-hybridized carbons (Fsp3) is 0.333. The second-order valence-electron chi connectivity index (χ2n) is 3.08. The van der Waals surface area contributed by atoms with Crippen molar-refractivity contribution in [2.75, 3.05) is 14.2 Å². The van der Waals surface area contributed by atoms with Crippen LogP contribution in [-0.4, -0.2) is 21.2 Å². The molecule has 0 aliphatic carbocycles. The highest BCUT2D eigenvalue weighted by atomic mass is 19.4. The van der Waals surface area contributed by atoms with Crippen molar-refractivity contribution in [1.82, 2.24) is 0 Å². The van der Waals surface area contributed by atoms with E-state index in [1.54, 1.807) is 0 Å². The SMILES string of the molecule is COCc1ccc([B-](F)(F)F)cc1OC. The highest BCUT2D eigenvalue weighted by Gasteiger charge is 2.26. The predicted molar refractivity (Wildman–Crippen MR) is 52.4 cm³/mol. The van der Waals surface area contributed by atoms with E-state index in [1.165, 1.54) is 20.3 Å². The predicted octanol–water partition coefficient (Wildman–Crippen LogP) is 1.90. The largest absolute Gasteiger partial charge is 0.509 e. The van der Waals surface area contributed by atoms with Gasteiger partial charge in [0.05, 0.1) is 13.7 Å². The molecular formula is C9H11BF3O2-. The van der Waals surface area contributed by atoms with Crippen LogP contribution in [0.1, 0.15) is 5.56 Å². The van der Waals surface area contributed by atoms with Gasteiger partial charge in [0.1, 0.15) is 5.75 Å². The number of methoxy groups -OCH3 is 2. The van der Waals surface area contributed by atoms with Crippen LogP contribution in [0.2, 0.25) is 0 Å². The average Bonchev–Trinajstić information content (AvgIpc) is 2.17. The maximum atomic E-state index is 12.4. The van der Waals surface area contributed by atoms with E-state index in [1.807, 2.05) is 0 Å². The van der Waals surface area contributed by atoms with Crippen LogP contribution >= 0.6 is 0 Å². The Kier molecular flexibility index (Phi) is 3.63. The highest BCUT2D eigenvalue weighted by Crippen LogP contribution is 2.20. The molecule has 0 heterocycles. The molecule has 6 heteroatoms. The van der Waals surface area contributed by atoms with Crippen LogP contribution in [0, 0.1) is 0 Å². The summed E-state index contributed by atoms with van der Waals surface area (Å²) in [4.78, 5) is 0. The Morgan fingerprint density at radius 3 is 2.33 bits per heavy atom. The molecule has 0 saturated heterocycles. The van der Waals surface area contributed by atoms with Crippen LogP contribution in [0.15, 0.2) is 18.2 Å². The summed E-state index contributed by atoms with van der Waals surface area (Å²) in [5.41, 5.74) is -0.0597. The Hall–Kier alpha value is -1.17. The topological polar surface area (TPSA) is 18.5 Å². The lowest BCUT2D eigenvalue weighted by Gasteiger charge is -2.17. The van der Waals surface area contributed by atoms with Gasteiger partial charge >= 0.3 is 6.98 Å². The summed E-state index contributed by atoms with van der Waals surface area (Å²) in [6.45, 7) is -4.75. The Labute approximate surface area is 86.1 Å². The van der Waals surface area contributed by atoms with Crippen molar-refractivity contribution in [2.24, 2.45) is 0 Å². The third kappa shape index (κ3) is 2.89. The molecule has 84 valence electrons. The van der Waals surface area contributed by atoms with Gasteiger partial charge in [-0.2, -0.15) is 0 Å². The summed E-state index contributed by atoms with van der Waals surface area (Å²) in [5.74, 6) is 0.202. The van der Waals surface area contributed by atoms with Crippen molar-refractivity contribution >= 4 is 12.4 Å². The van der Waals surface area contributed by atoms with Crippen molar-refractivity contribution in [3.8, 4) is 5.75 Å². The van der Waals surface area contributed by atoms with E-state index in [2.05, 4.69) is 0 Å². The van der Waals surface area contributed by atoms with Crippen molar-refractivity contribution in [3.63, 3.8) is 0 Å². The molecule has 1 aromatic rings. The lowest BCUT2D eigenvalue weighted by Crippen LogP contribution is -2.34. The van der Waals surface area contributed by atoms with Crippen molar-refractivity contribution in [2.45, 2.75) is 6.61 Å².